The van der Waals surface area contributed by atoms with Crippen molar-refractivity contribution < 1.29 is 31.1 Å². The summed E-state index contributed by atoms with van der Waals surface area (Å²) in [5, 5.41) is 0. The summed E-state index contributed by atoms with van der Waals surface area (Å²) in [4.78, 5) is 9.79. The number of hydrogen-bond donors (Lipinski definition) is 1. The van der Waals surface area contributed by atoms with E-state index in [-0.39, 0.29) is 35.0 Å². The third-order valence-corrected chi connectivity index (χ3v) is 5.84. The molecule has 1 saturated carbocycles. The molecule has 3 heterocycles. The van der Waals surface area contributed by atoms with Crippen LogP contribution in [0.15, 0.2) is 18.5 Å². The van der Waals surface area contributed by atoms with Crippen molar-refractivity contribution in [2.24, 2.45) is 11.8 Å². The summed E-state index contributed by atoms with van der Waals surface area (Å²) < 4.78 is 85.4. The Morgan fingerprint density at radius 2 is 1.84 bits per heavy atom. The number of ether oxygens (including phenoxy) is 1. The Bertz CT molecular complexity index is 944. The molecular formula is C19H21F6N5O. The van der Waals surface area contributed by atoms with Gasteiger partial charge in [0.25, 0.3) is 0 Å². The minimum absolute atomic E-state index is 0.0125. The van der Waals surface area contributed by atoms with E-state index in [2.05, 4.69) is 14.9 Å². The van der Waals surface area contributed by atoms with Gasteiger partial charge < -0.3 is 19.9 Å². The summed E-state index contributed by atoms with van der Waals surface area (Å²) in [6, 6.07) is 0.619. The lowest BCUT2D eigenvalue weighted by molar-refractivity contribution is -0.137. The number of fused-ring (bicyclic) bond motifs is 1. The number of likely N-dealkylation sites (tertiary alicyclic amines) is 1. The predicted octanol–water partition coefficient (Wildman–Crippen LogP) is 3.40. The molecule has 4 rings (SSSR count). The van der Waals surface area contributed by atoms with Gasteiger partial charge in [-0.25, -0.2) is 9.97 Å². The van der Waals surface area contributed by atoms with Crippen molar-refractivity contribution in [3.63, 3.8) is 0 Å². The number of alkyl halides is 6. The molecule has 2 aromatic heterocycles. The Morgan fingerprint density at radius 1 is 1.16 bits per heavy atom. The Labute approximate surface area is 174 Å². The molecule has 0 radical (unpaired) electrons. The molecule has 0 aromatic carbocycles. The lowest BCUT2D eigenvalue weighted by atomic mass is 10.1. The van der Waals surface area contributed by atoms with Crippen LogP contribution in [0.25, 0.3) is 11.3 Å². The fourth-order valence-electron chi connectivity index (χ4n) is 4.38. The third-order valence-electron chi connectivity index (χ3n) is 5.84. The SMILES string of the molecule is COCCN1C[C@@H]2C(n3cc(-c4cnc(N)c(C(F)(F)F)c4)nc3CC(F)(F)F)[C@@H]2C1. The van der Waals surface area contributed by atoms with E-state index < -0.39 is 30.2 Å². The highest BCUT2D eigenvalue weighted by atomic mass is 19.4. The summed E-state index contributed by atoms with van der Waals surface area (Å²) in [6.45, 7) is 2.79. The van der Waals surface area contributed by atoms with E-state index >= 15 is 0 Å². The maximum absolute atomic E-state index is 13.2. The molecule has 2 aliphatic rings. The molecule has 170 valence electrons. The number of nitrogens with two attached hydrogens (primary N) is 1. The van der Waals surface area contributed by atoms with Crippen molar-refractivity contribution in [3.8, 4) is 11.3 Å². The van der Waals surface area contributed by atoms with Gasteiger partial charge >= 0.3 is 12.4 Å². The van der Waals surface area contributed by atoms with Crippen LogP contribution in [0.3, 0.4) is 0 Å². The van der Waals surface area contributed by atoms with E-state index in [1.165, 1.54) is 10.8 Å². The highest BCUT2D eigenvalue weighted by Gasteiger charge is 2.57. The van der Waals surface area contributed by atoms with Gasteiger partial charge in [-0.15, -0.1) is 0 Å². The van der Waals surface area contributed by atoms with Gasteiger partial charge in [0.1, 0.15) is 18.1 Å². The summed E-state index contributed by atoms with van der Waals surface area (Å²) in [7, 11) is 1.60. The Morgan fingerprint density at radius 3 is 2.42 bits per heavy atom. The van der Waals surface area contributed by atoms with E-state index in [9.17, 15) is 26.3 Å². The van der Waals surface area contributed by atoms with E-state index in [1.54, 1.807) is 7.11 Å². The van der Waals surface area contributed by atoms with Crippen LogP contribution >= 0.6 is 0 Å². The molecule has 1 aliphatic carbocycles. The molecule has 0 spiro atoms. The van der Waals surface area contributed by atoms with Crippen LogP contribution in [0.2, 0.25) is 0 Å². The van der Waals surface area contributed by atoms with Gasteiger partial charge in [-0.05, 0) is 17.9 Å². The van der Waals surface area contributed by atoms with E-state index in [4.69, 9.17) is 10.5 Å². The predicted molar refractivity (Wildman–Crippen MR) is 99.0 cm³/mol. The first-order valence-corrected chi connectivity index (χ1v) is 9.67. The zero-order valence-corrected chi connectivity index (χ0v) is 16.5. The Kier molecular flexibility index (Phi) is 5.41. The van der Waals surface area contributed by atoms with E-state index in [0.717, 1.165) is 31.9 Å². The quantitative estimate of drug-likeness (QED) is 0.685. The molecule has 1 unspecified atom stereocenters. The highest BCUT2D eigenvalue weighted by Crippen LogP contribution is 2.56. The number of piperidine rings is 1. The topological polar surface area (TPSA) is 69.2 Å². The molecule has 6 nitrogen and oxygen atoms in total. The van der Waals surface area contributed by atoms with Crippen LogP contribution in [-0.2, 0) is 17.3 Å². The van der Waals surface area contributed by atoms with E-state index in [0.29, 0.717) is 6.61 Å². The second-order valence-electron chi connectivity index (χ2n) is 7.97. The number of hydrogen-bond acceptors (Lipinski definition) is 5. The zero-order valence-electron chi connectivity index (χ0n) is 16.5. The van der Waals surface area contributed by atoms with Crippen molar-refractivity contribution in [3.05, 3.63) is 29.8 Å². The molecule has 2 aromatic rings. The molecule has 0 amide bonds. The first-order chi connectivity index (χ1) is 14.5. The molecule has 12 heteroatoms. The normalized spacial score (nSPS) is 23.9. The number of methoxy groups -OCH3 is 1. The smallest absolute Gasteiger partial charge is 0.383 e. The van der Waals surface area contributed by atoms with Gasteiger partial charge in [-0.3, -0.25) is 0 Å². The van der Waals surface area contributed by atoms with Crippen molar-refractivity contribution in [1.29, 1.82) is 0 Å². The number of aromatic nitrogens is 3. The lowest BCUT2D eigenvalue weighted by Gasteiger charge is -2.20. The molecule has 2 N–H and O–H groups in total. The molecule has 1 saturated heterocycles. The van der Waals surface area contributed by atoms with Gasteiger partial charge in [-0.1, -0.05) is 0 Å². The summed E-state index contributed by atoms with van der Waals surface area (Å²) in [6.07, 6.45) is -7.99. The van der Waals surface area contributed by atoms with Crippen molar-refractivity contribution in [1.82, 2.24) is 19.4 Å². The van der Waals surface area contributed by atoms with Crippen LogP contribution in [0, 0.1) is 11.8 Å². The van der Waals surface area contributed by atoms with Gasteiger partial charge in [0.2, 0.25) is 0 Å². The minimum atomic E-state index is -4.73. The molecular weight excluding hydrogens is 428 g/mol. The largest absolute Gasteiger partial charge is 0.419 e. The fourth-order valence-corrected chi connectivity index (χ4v) is 4.38. The second kappa shape index (κ2) is 7.66. The van der Waals surface area contributed by atoms with Gasteiger partial charge in [-0.2, -0.15) is 26.3 Å². The third kappa shape index (κ3) is 4.49. The fraction of sp³-hybridized carbons (Fsp3) is 0.579. The van der Waals surface area contributed by atoms with Crippen LogP contribution in [-0.4, -0.2) is 59.0 Å². The van der Waals surface area contributed by atoms with Crippen LogP contribution in [0.1, 0.15) is 17.4 Å². The first kappa shape index (κ1) is 21.9. The number of pyridine rings is 1. The van der Waals surface area contributed by atoms with Crippen LogP contribution < -0.4 is 5.73 Å². The number of halogens is 6. The van der Waals surface area contributed by atoms with Crippen LogP contribution in [0.5, 0.6) is 0 Å². The number of anilines is 1. The summed E-state index contributed by atoms with van der Waals surface area (Å²) in [5.74, 6) is -0.544. The molecule has 2 fully saturated rings. The lowest BCUT2D eigenvalue weighted by Crippen LogP contribution is -2.29. The molecule has 3 atom stereocenters. The average Bonchev–Trinajstić information content (AvgIpc) is 3.00. The zero-order chi connectivity index (χ0) is 22.6. The standard InChI is InChI=1S/C19H21F6N5O/c1-31-3-2-29-7-11-12(8-29)16(11)30-9-14(28-15(30)5-18(20,21)22)10-4-13(19(23,24)25)17(26)27-6-10/h4,6,9,11-12,16H,2-3,5,7-8H2,1H3,(H2,26,27)/t11-,12+,16?. The Hall–Kier alpha value is -2.34. The van der Waals surface area contributed by atoms with Crippen molar-refractivity contribution in [2.45, 2.75) is 24.8 Å². The van der Waals surface area contributed by atoms with Gasteiger partial charge in [0.05, 0.1) is 17.9 Å². The molecule has 0 bridgehead atoms. The maximum atomic E-state index is 13.2. The summed E-state index contributed by atoms with van der Waals surface area (Å²) in [5.41, 5.74) is 4.16. The van der Waals surface area contributed by atoms with Crippen LogP contribution in [0.4, 0.5) is 32.2 Å². The highest BCUT2D eigenvalue weighted by molar-refractivity contribution is 5.62. The van der Waals surface area contributed by atoms with Gasteiger partial charge in [0.15, 0.2) is 0 Å². The molecule has 1 aliphatic heterocycles. The second-order valence-corrected chi connectivity index (χ2v) is 7.97. The Balaban J connectivity index is 1.62. The maximum Gasteiger partial charge on any atom is 0.419 e. The number of nitrogens with zero attached hydrogens (tertiary/aromatic N) is 4. The number of nitrogen functional groups attached to an aromatic ring is 1. The van der Waals surface area contributed by atoms with E-state index in [1.807, 2.05) is 0 Å². The minimum Gasteiger partial charge on any atom is -0.383 e. The monoisotopic (exact) mass is 449 g/mol. The number of rotatable bonds is 6. The van der Waals surface area contributed by atoms with Crippen molar-refractivity contribution >= 4 is 5.82 Å². The summed E-state index contributed by atoms with van der Waals surface area (Å²) >= 11 is 0. The van der Waals surface area contributed by atoms with Gasteiger partial charge in [0, 0.05) is 50.7 Å². The average molecular weight is 449 g/mol. The molecule has 31 heavy (non-hydrogen) atoms. The van der Waals surface area contributed by atoms with Crippen molar-refractivity contribution in [2.75, 3.05) is 39.1 Å². The first-order valence-electron chi connectivity index (χ1n) is 9.67. The number of imidazole rings is 1.